The summed E-state index contributed by atoms with van der Waals surface area (Å²) in [7, 11) is 0. The van der Waals surface area contributed by atoms with Gasteiger partial charge in [0.2, 0.25) is 17.7 Å². The van der Waals surface area contributed by atoms with E-state index >= 15 is 0 Å². The largest absolute Gasteiger partial charge is 0.480 e. The van der Waals surface area contributed by atoms with Crippen LogP contribution >= 0.6 is 0 Å². The molecule has 1 rings (SSSR count). The van der Waals surface area contributed by atoms with Crippen LogP contribution in [0.1, 0.15) is 45.1 Å². The van der Waals surface area contributed by atoms with Crippen LogP contribution in [-0.2, 0) is 25.6 Å². The molecule has 0 fully saturated rings. The van der Waals surface area contributed by atoms with E-state index in [1.165, 1.54) is 0 Å². The molecule has 0 radical (unpaired) electrons. The molecule has 4 unspecified atom stereocenters. The number of carboxylic acids is 1. The summed E-state index contributed by atoms with van der Waals surface area (Å²) < 4.78 is 0. The topological polar surface area (TPSA) is 279 Å². The Morgan fingerprint density at radius 1 is 0.780 bits per heavy atom. The summed E-state index contributed by atoms with van der Waals surface area (Å²) in [6.07, 6.45) is 1.25. The van der Waals surface area contributed by atoms with E-state index in [2.05, 4.69) is 25.9 Å². The SMILES string of the molecule is CC(C)C(NC(=O)C(Cc1ccccc1)NC(=O)C(N)CCCN=C(N)N)C(=O)NC(CCCN=C(N)N)C(=O)O. The van der Waals surface area contributed by atoms with Gasteiger partial charge in [-0.2, -0.15) is 0 Å². The van der Waals surface area contributed by atoms with Gasteiger partial charge in [-0.05, 0) is 37.2 Å². The minimum Gasteiger partial charge on any atom is -0.480 e. The summed E-state index contributed by atoms with van der Waals surface area (Å²) >= 11 is 0. The van der Waals surface area contributed by atoms with Crippen LogP contribution in [0.2, 0.25) is 0 Å². The molecule has 0 heterocycles. The van der Waals surface area contributed by atoms with Crippen LogP contribution in [0, 0.1) is 5.92 Å². The van der Waals surface area contributed by atoms with Crippen molar-refractivity contribution in [1.82, 2.24) is 16.0 Å². The first-order chi connectivity index (χ1) is 19.3. The number of rotatable bonds is 18. The van der Waals surface area contributed by atoms with Crippen molar-refractivity contribution >= 4 is 35.6 Å². The number of carboxylic acid groups (broad SMARTS) is 1. The Morgan fingerprint density at radius 2 is 1.32 bits per heavy atom. The molecule has 41 heavy (non-hydrogen) atoms. The number of nitrogens with zero attached hydrogens (tertiary/aromatic N) is 2. The highest BCUT2D eigenvalue weighted by Crippen LogP contribution is 2.09. The van der Waals surface area contributed by atoms with E-state index < -0.39 is 53.8 Å². The highest BCUT2D eigenvalue weighted by Gasteiger charge is 2.32. The lowest BCUT2D eigenvalue weighted by Crippen LogP contribution is -2.58. The molecular formula is C26H44N10O5. The van der Waals surface area contributed by atoms with Crippen molar-refractivity contribution in [2.24, 2.45) is 44.6 Å². The highest BCUT2D eigenvalue weighted by molar-refractivity contribution is 5.94. The molecule has 1 aromatic rings. The monoisotopic (exact) mass is 576 g/mol. The van der Waals surface area contributed by atoms with Crippen molar-refractivity contribution in [3.8, 4) is 0 Å². The van der Waals surface area contributed by atoms with E-state index in [4.69, 9.17) is 28.7 Å². The predicted molar refractivity (Wildman–Crippen MR) is 156 cm³/mol. The third-order valence-corrected chi connectivity index (χ3v) is 6.03. The van der Waals surface area contributed by atoms with Crippen LogP contribution in [0.5, 0.6) is 0 Å². The van der Waals surface area contributed by atoms with E-state index in [-0.39, 0.29) is 37.7 Å². The van der Waals surface area contributed by atoms with Gasteiger partial charge in [0.1, 0.15) is 18.1 Å². The minimum absolute atomic E-state index is 0.0630. The van der Waals surface area contributed by atoms with Crippen molar-refractivity contribution in [2.75, 3.05) is 13.1 Å². The smallest absolute Gasteiger partial charge is 0.326 e. The van der Waals surface area contributed by atoms with Crippen LogP contribution in [0.25, 0.3) is 0 Å². The van der Waals surface area contributed by atoms with Gasteiger partial charge in [-0.3, -0.25) is 24.4 Å². The van der Waals surface area contributed by atoms with Crippen molar-refractivity contribution in [2.45, 2.75) is 70.1 Å². The number of nitrogens with two attached hydrogens (primary N) is 5. The summed E-state index contributed by atoms with van der Waals surface area (Å²) in [5.41, 5.74) is 28.0. The maximum Gasteiger partial charge on any atom is 0.326 e. The zero-order chi connectivity index (χ0) is 30.9. The molecule has 1 aromatic carbocycles. The number of benzene rings is 1. The highest BCUT2D eigenvalue weighted by atomic mass is 16.4. The average Bonchev–Trinajstić information content (AvgIpc) is 2.90. The van der Waals surface area contributed by atoms with Crippen LogP contribution in [-0.4, -0.2) is 78.0 Å². The molecule has 4 atom stereocenters. The van der Waals surface area contributed by atoms with Gasteiger partial charge in [-0.15, -0.1) is 0 Å². The fraction of sp³-hybridized carbons (Fsp3) is 0.538. The van der Waals surface area contributed by atoms with Gasteiger partial charge in [0.05, 0.1) is 6.04 Å². The second kappa shape index (κ2) is 18.0. The summed E-state index contributed by atoms with van der Waals surface area (Å²) in [6.45, 7) is 3.91. The fourth-order valence-corrected chi connectivity index (χ4v) is 3.80. The Bertz CT molecular complexity index is 1060. The van der Waals surface area contributed by atoms with Crippen molar-refractivity contribution in [3.05, 3.63) is 35.9 Å². The van der Waals surface area contributed by atoms with E-state index in [0.29, 0.717) is 19.4 Å². The van der Waals surface area contributed by atoms with E-state index in [0.717, 1.165) is 5.56 Å². The number of aliphatic carboxylic acids is 1. The average molecular weight is 577 g/mol. The maximum atomic E-state index is 13.4. The third kappa shape index (κ3) is 14.0. The molecule has 15 nitrogen and oxygen atoms in total. The number of hydrogen-bond donors (Lipinski definition) is 9. The summed E-state index contributed by atoms with van der Waals surface area (Å²) in [5.74, 6) is -3.67. The second-order valence-corrected chi connectivity index (χ2v) is 9.88. The van der Waals surface area contributed by atoms with Crippen molar-refractivity contribution in [1.29, 1.82) is 0 Å². The van der Waals surface area contributed by atoms with Gasteiger partial charge in [-0.25, -0.2) is 4.79 Å². The van der Waals surface area contributed by atoms with Crippen LogP contribution in [0.4, 0.5) is 0 Å². The zero-order valence-electron chi connectivity index (χ0n) is 23.6. The Hall–Kier alpha value is -4.40. The Kier molecular flexibility index (Phi) is 15.2. The van der Waals surface area contributed by atoms with E-state index in [9.17, 15) is 24.3 Å². The molecule has 0 spiro atoms. The third-order valence-electron chi connectivity index (χ3n) is 6.03. The first kappa shape index (κ1) is 34.6. The molecule has 0 aliphatic rings. The van der Waals surface area contributed by atoms with Gasteiger partial charge in [0, 0.05) is 19.5 Å². The van der Waals surface area contributed by atoms with Crippen LogP contribution in [0.3, 0.4) is 0 Å². The number of hydrogen-bond acceptors (Lipinski definition) is 7. The number of nitrogens with one attached hydrogen (secondary N) is 3. The number of aliphatic imine (C=N–C) groups is 2. The van der Waals surface area contributed by atoms with Gasteiger partial charge in [0.25, 0.3) is 0 Å². The number of guanidine groups is 2. The van der Waals surface area contributed by atoms with E-state index in [1.54, 1.807) is 38.1 Å². The van der Waals surface area contributed by atoms with Crippen molar-refractivity contribution in [3.63, 3.8) is 0 Å². The quantitative estimate of drug-likeness (QED) is 0.0519. The molecule has 14 N–H and O–H groups in total. The van der Waals surface area contributed by atoms with Gasteiger partial charge in [-0.1, -0.05) is 44.2 Å². The lowest BCUT2D eigenvalue weighted by Gasteiger charge is -2.27. The fourth-order valence-electron chi connectivity index (χ4n) is 3.80. The summed E-state index contributed by atoms with van der Waals surface area (Å²) in [4.78, 5) is 58.7. The molecule has 0 saturated heterocycles. The lowest BCUT2D eigenvalue weighted by molar-refractivity contribution is -0.142. The number of carbonyl (C=O) groups is 4. The number of carbonyl (C=O) groups excluding carboxylic acids is 3. The van der Waals surface area contributed by atoms with E-state index in [1.807, 2.05) is 6.07 Å². The lowest BCUT2D eigenvalue weighted by atomic mass is 10.00. The normalized spacial score (nSPS) is 13.7. The molecule has 0 saturated carbocycles. The van der Waals surface area contributed by atoms with Crippen LogP contribution < -0.4 is 44.6 Å². The molecule has 0 aliphatic carbocycles. The van der Waals surface area contributed by atoms with Gasteiger partial charge in [0.15, 0.2) is 11.9 Å². The standard InChI is InChI=1S/C26H44N10O5/c1-15(2)20(23(39)34-18(24(40)41)11-7-13-33-26(30)31)36-22(38)19(14-16-8-4-3-5-9-16)35-21(37)17(27)10-6-12-32-25(28)29/h3-5,8-9,15,17-20H,6-7,10-14,27H2,1-2H3,(H,34,39)(H,35,37)(H,36,38)(H,40,41)(H4,28,29,32)(H4,30,31,33). The summed E-state index contributed by atoms with van der Waals surface area (Å²) in [6, 6.07) is 4.74. The molecule has 3 amide bonds. The first-order valence-electron chi connectivity index (χ1n) is 13.4. The molecule has 15 heteroatoms. The Balaban J connectivity index is 2.98. The summed E-state index contributed by atoms with van der Waals surface area (Å²) in [5, 5.41) is 17.4. The van der Waals surface area contributed by atoms with Crippen LogP contribution in [0.15, 0.2) is 40.3 Å². The molecule has 0 aromatic heterocycles. The van der Waals surface area contributed by atoms with Gasteiger partial charge < -0.3 is 49.7 Å². The molecule has 0 bridgehead atoms. The predicted octanol–water partition coefficient (Wildman–Crippen LogP) is -2.14. The minimum atomic E-state index is -1.24. The zero-order valence-corrected chi connectivity index (χ0v) is 23.6. The Morgan fingerprint density at radius 3 is 1.83 bits per heavy atom. The second-order valence-electron chi connectivity index (χ2n) is 9.88. The molecule has 0 aliphatic heterocycles. The Labute approximate surface area is 239 Å². The number of amides is 3. The first-order valence-corrected chi connectivity index (χ1v) is 13.4. The maximum absolute atomic E-state index is 13.4. The molecular weight excluding hydrogens is 532 g/mol. The van der Waals surface area contributed by atoms with Gasteiger partial charge >= 0.3 is 5.97 Å². The van der Waals surface area contributed by atoms with Crippen molar-refractivity contribution < 1.29 is 24.3 Å². The molecule has 228 valence electrons.